The van der Waals surface area contributed by atoms with Gasteiger partial charge in [-0.25, -0.2) is 0 Å². The Morgan fingerprint density at radius 1 is 1.21 bits per heavy atom. The van der Waals surface area contributed by atoms with Crippen molar-refractivity contribution in [2.75, 3.05) is 33.8 Å². The van der Waals surface area contributed by atoms with Crippen molar-refractivity contribution in [2.24, 2.45) is 5.92 Å². The van der Waals surface area contributed by atoms with Gasteiger partial charge in [-0.3, -0.25) is 0 Å². The Kier molecular flexibility index (Phi) is 8.83. The molecule has 0 radical (unpaired) electrons. The van der Waals surface area contributed by atoms with Crippen molar-refractivity contribution in [3.05, 3.63) is 0 Å². The van der Waals surface area contributed by atoms with E-state index in [1.54, 1.807) is 0 Å². The van der Waals surface area contributed by atoms with Crippen LogP contribution in [-0.2, 0) is 4.74 Å². The van der Waals surface area contributed by atoms with E-state index in [2.05, 4.69) is 38.2 Å². The molecule has 2 N–H and O–H groups in total. The molecule has 0 saturated heterocycles. The molecule has 0 spiro atoms. The fourth-order valence-corrected chi connectivity index (χ4v) is 1.94. The minimum atomic E-state index is -0.448. The summed E-state index contributed by atoms with van der Waals surface area (Å²) in [6, 6.07) is 0.416. The van der Waals surface area contributed by atoms with Gasteiger partial charge in [0.2, 0.25) is 0 Å². The Morgan fingerprint density at radius 3 is 2.21 bits per heavy atom. The first-order valence-corrected chi connectivity index (χ1v) is 7.30. The summed E-state index contributed by atoms with van der Waals surface area (Å²) in [6.45, 7) is 12.4. The Labute approximate surface area is 119 Å². The molecule has 0 saturated carbocycles. The Balaban J connectivity index is 4.01. The SMILES string of the molecule is CC(C)CC(CN(C)C)NCC(O)COC(C)(C)C. The van der Waals surface area contributed by atoms with Crippen molar-refractivity contribution in [3.8, 4) is 0 Å². The molecule has 0 fully saturated rings. The molecule has 0 amide bonds. The molecule has 2 unspecified atom stereocenters. The van der Waals surface area contributed by atoms with Crippen LogP contribution < -0.4 is 5.32 Å². The van der Waals surface area contributed by atoms with Gasteiger partial charge < -0.3 is 20.1 Å². The predicted molar refractivity (Wildman–Crippen MR) is 81.5 cm³/mol. The van der Waals surface area contributed by atoms with E-state index in [0.717, 1.165) is 13.0 Å². The van der Waals surface area contributed by atoms with Gasteiger partial charge in [0.15, 0.2) is 0 Å². The molecule has 0 aromatic rings. The summed E-state index contributed by atoms with van der Waals surface area (Å²) >= 11 is 0. The number of aliphatic hydroxyl groups excluding tert-OH is 1. The standard InChI is InChI=1S/C15H34N2O2/c1-12(2)8-13(10-17(6)7)16-9-14(18)11-19-15(3,4)5/h12-14,16,18H,8-11H2,1-7H3. The molecular weight excluding hydrogens is 240 g/mol. The van der Waals surface area contributed by atoms with Gasteiger partial charge in [0.1, 0.15) is 0 Å². The zero-order valence-corrected chi connectivity index (χ0v) is 13.9. The van der Waals surface area contributed by atoms with E-state index in [1.807, 2.05) is 20.8 Å². The van der Waals surface area contributed by atoms with Gasteiger partial charge in [0.05, 0.1) is 18.3 Å². The van der Waals surface area contributed by atoms with E-state index in [4.69, 9.17) is 4.74 Å². The van der Waals surface area contributed by atoms with Crippen LogP contribution in [0.5, 0.6) is 0 Å². The lowest BCUT2D eigenvalue weighted by molar-refractivity contribution is -0.0485. The van der Waals surface area contributed by atoms with Crippen LogP contribution in [0.1, 0.15) is 41.0 Å². The first kappa shape index (κ1) is 18.8. The number of hydrogen-bond donors (Lipinski definition) is 2. The summed E-state index contributed by atoms with van der Waals surface area (Å²) in [6.07, 6.45) is 0.668. The van der Waals surface area contributed by atoms with Crippen molar-refractivity contribution in [2.45, 2.75) is 58.8 Å². The maximum atomic E-state index is 9.93. The number of rotatable bonds is 9. The second-order valence-electron chi connectivity index (χ2n) is 7.07. The van der Waals surface area contributed by atoms with E-state index < -0.39 is 6.10 Å². The minimum Gasteiger partial charge on any atom is -0.389 e. The van der Waals surface area contributed by atoms with Gasteiger partial charge in [-0.05, 0) is 47.2 Å². The fourth-order valence-electron chi connectivity index (χ4n) is 1.94. The van der Waals surface area contributed by atoms with Crippen LogP contribution >= 0.6 is 0 Å². The number of aliphatic hydroxyl groups is 1. The van der Waals surface area contributed by atoms with E-state index in [-0.39, 0.29) is 5.60 Å². The van der Waals surface area contributed by atoms with Crippen LogP contribution in [-0.4, -0.2) is 61.5 Å². The fraction of sp³-hybridized carbons (Fsp3) is 1.00. The largest absolute Gasteiger partial charge is 0.389 e. The number of ether oxygens (including phenoxy) is 1. The van der Waals surface area contributed by atoms with Gasteiger partial charge >= 0.3 is 0 Å². The van der Waals surface area contributed by atoms with Gasteiger partial charge in [0, 0.05) is 19.1 Å². The number of hydrogen-bond acceptors (Lipinski definition) is 4. The van der Waals surface area contributed by atoms with E-state index in [9.17, 15) is 5.11 Å². The molecule has 0 aliphatic heterocycles. The average molecular weight is 274 g/mol. The van der Waals surface area contributed by atoms with Crippen LogP contribution in [0.4, 0.5) is 0 Å². The van der Waals surface area contributed by atoms with Gasteiger partial charge in [-0.2, -0.15) is 0 Å². The number of nitrogens with zero attached hydrogens (tertiary/aromatic N) is 1. The molecule has 4 heteroatoms. The summed E-state index contributed by atoms with van der Waals surface area (Å²) < 4.78 is 5.59. The topological polar surface area (TPSA) is 44.7 Å². The first-order valence-electron chi connectivity index (χ1n) is 7.30. The zero-order valence-electron chi connectivity index (χ0n) is 13.9. The van der Waals surface area contributed by atoms with Crippen molar-refractivity contribution in [1.82, 2.24) is 10.2 Å². The molecule has 0 rings (SSSR count). The summed E-state index contributed by atoms with van der Waals surface area (Å²) in [5.74, 6) is 0.653. The molecule has 0 bridgehead atoms. The summed E-state index contributed by atoms with van der Waals surface area (Å²) in [5, 5.41) is 13.4. The highest BCUT2D eigenvalue weighted by Gasteiger charge is 2.16. The highest BCUT2D eigenvalue weighted by atomic mass is 16.5. The van der Waals surface area contributed by atoms with Crippen LogP contribution in [0, 0.1) is 5.92 Å². The van der Waals surface area contributed by atoms with Crippen LogP contribution in [0.3, 0.4) is 0 Å². The lowest BCUT2D eigenvalue weighted by atomic mass is 10.0. The van der Waals surface area contributed by atoms with Crippen molar-refractivity contribution >= 4 is 0 Å². The lowest BCUT2D eigenvalue weighted by Crippen LogP contribution is -2.44. The van der Waals surface area contributed by atoms with Crippen molar-refractivity contribution in [1.29, 1.82) is 0 Å². The highest BCUT2D eigenvalue weighted by molar-refractivity contribution is 4.73. The Morgan fingerprint density at radius 2 is 1.79 bits per heavy atom. The van der Waals surface area contributed by atoms with Crippen molar-refractivity contribution < 1.29 is 9.84 Å². The molecule has 0 aromatic carbocycles. The molecule has 19 heavy (non-hydrogen) atoms. The second kappa shape index (κ2) is 8.90. The third-order valence-corrected chi connectivity index (χ3v) is 2.69. The second-order valence-corrected chi connectivity index (χ2v) is 7.07. The third kappa shape index (κ3) is 12.6. The quantitative estimate of drug-likeness (QED) is 0.672. The maximum absolute atomic E-state index is 9.93. The molecular formula is C15H34N2O2. The molecule has 2 atom stereocenters. The normalized spacial score (nSPS) is 16.1. The monoisotopic (exact) mass is 274 g/mol. The van der Waals surface area contributed by atoms with Crippen LogP contribution in [0.25, 0.3) is 0 Å². The van der Waals surface area contributed by atoms with Gasteiger partial charge in [-0.15, -0.1) is 0 Å². The molecule has 0 aliphatic rings. The van der Waals surface area contributed by atoms with E-state index in [0.29, 0.717) is 25.1 Å². The van der Waals surface area contributed by atoms with Crippen molar-refractivity contribution in [3.63, 3.8) is 0 Å². The van der Waals surface area contributed by atoms with E-state index in [1.165, 1.54) is 0 Å². The maximum Gasteiger partial charge on any atom is 0.0898 e. The van der Waals surface area contributed by atoms with Crippen LogP contribution in [0.2, 0.25) is 0 Å². The third-order valence-electron chi connectivity index (χ3n) is 2.69. The summed E-state index contributed by atoms with van der Waals surface area (Å²) in [5.41, 5.74) is -0.193. The summed E-state index contributed by atoms with van der Waals surface area (Å²) in [4.78, 5) is 2.18. The smallest absolute Gasteiger partial charge is 0.0898 e. The Bertz CT molecular complexity index is 215. The lowest BCUT2D eigenvalue weighted by Gasteiger charge is -2.26. The molecule has 4 nitrogen and oxygen atoms in total. The zero-order chi connectivity index (χ0) is 15.1. The summed E-state index contributed by atoms with van der Waals surface area (Å²) in [7, 11) is 4.16. The number of nitrogens with one attached hydrogen (secondary N) is 1. The Hall–Kier alpha value is -0.160. The molecule has 0 aromatic heterocycles. The minimum absolute atomic E-state index is 0.193. The van der Waals surface area contributed by atoms with Gasteiger partial charge in [0.25, 0.3) is 0 Å². The average Bonchev–Trinajstić information content (AvgIpc) is 2.20. The predicted octanol–water partition coefficient (Wildman–Crippen LogP) is 1.73. The van der Waals surface area contributed by atoms with E-state index >= 15 is 0 Å². The molecule has 0 heterocycles. The molecule has 0 aliphatic carbocycles. The van der Waals surface area contributed by atoms with Crippen LogP contribution in [0.15, 0.2) is 0 Å². The first-order chi connectivity index (χ1) is 8.60. The van der Waals surface area contributed by atoms with Gasteiger partial charge in [-0.1, -0.05) is 13.8 Å². The molecule has 116 valence electrons. The number of likely N-dealkylation sites (N-methyl/N-ethyl adjacent to an activating group) is 1. The highest BCUT2D eigenvalue weighted by Crippen LogP contribution is 2.08.